The molecule has 3 aromatic carbocycles. The van der Waals surface area contributed by atoms with Crippen molar-refractivity contribution in [3.63, 3.8) is 0 Å². The summed E-state index contributed by atoms with van der Waals surface area (Å²) in [5, 5.41) is 0. The van der Waals surface area contributed by atoms with Crippen LogP contribution in [-0.4, -0.2) is 9.55 Å². The van der Waals surface area contributed by atoms with Gasteiger partial charge < -0.3 is 9.30 Å². The molecule has 0 fully saturated rings. The second-order valence-corrected chi connectivity index (χ2v) is 6.37. The Bertz CT molecular complexity index is 988. The summed E-state index contributed by atoms with van der Waals surface area (Å²) in [6, 6.07) is 27.0. The van der Waals surface area contributed by atoms with E-state index in [4.69, 9.17) is 9.72 Å². The van der Waals surface area contributed by atoms with Gasteiger partial charge in [-0.2, -0.15) is 0 Å². The highest BCUT2D eigenvalue weighted by Crippen LogP contribution is 2.20. The lowest BCUT2D eigenvalue weighted by molar-refractivity contribution is 0.291. The van der Waals surface area contributed by atoms with Crippen LogP contribution in [0.4, 0.5) is 0 Å². The maximum absolute atomic E-state index is 6.02. The smallest absolute Gasteiger partial charge is 0.148 e. The second kappa shape index (κ2) is 7.44. The van der Waals surface area contributed by atoms with Crippen LogP contribution in [0.3, 0.4) is 0 Å². The number of hydrogen-bond donors (Lipinski definition) is 0. The van der Waals surface area contributed by atoms with Crippen LogP contribution in [0.2, 0.25) is 0 Å². The summed E-state index contributed by atoms with van der Waals surface area (Å²) in [6.45, 7) is 3.39. The van der Waals surface area contributed by atoms with Gasteiger partial charge in [0.25, 0.3) is 0 Å². The molecule has 0 aliphatic heterocycles. The second-order valence-electron chi connectivity index (χ2n) is 6.37. The van der Waals surface area contributed by atoms with Crippen LogP contribution in [0.5, 0.6) is 5.75 Å². The molecule has 0 aliphatic rings. The number of fused-ring (bicyclic) bond motifs is 1. The minimum atomic E-state index is 0.451. The van der Waals surface area contributed by atoms with Gasteiger partial charge in [0.05, 0.1) is 11.0 Å². The van der Waals surface area contributed by atoms with Gasteiger partial charge in [0.1, 0.15) is 18.2 Å². The van der Waals surface area contributed by atoms with Crippen LogP contribution in [0.15, 0.2) is 78.9 Å². The van der Waals surface area contributed by atoms with Crippen molar-refractivity contribution in [1.29, 1.82) is 0 Å². The van der Waals surface area contributed by atoms with Gasteiger partial charge >= 0.3 is 0 Å². The van der Waals surface area contributed by atoms with Crippen molar-refractivity contribution >= 4 is 11.0 Å². The molecule has 0 radical (unpaired) electrons. The van der Waals surface area contributed by atoms with Crippen LogP contribution in [-0.2, 0) is 19.6 Å². The molecule has 0 bridgehead atoms. The number of imidazole rings is 1. The van der Waals surface area contributed by atoms with Gasteiger partial charge in [-0.1, -0.05) is 61.5 Å². The summed E-state index contributed by atoms with van der Waals surface area (Å²) in [6.07, 6.45) is 1.03. The Hall–Kier alpha value is -3.07. The number of aryl methyl sites for hydroxylation is 1. The van der Waals surface area contributed by atoms with Crippen LogP contribution in [0.1, 0.15) is 23.9 Å². The Labute approximate surface area is 153 Å². The average molecular weight is 342 g/mol. The molecular formula is C23H22N2O. The molecule has 3 nitrogen and oxygen atoms in total. The number of para-hydroxylation sites is 2. The Morgan fingerprint density at radius 2 is 1.54 bits per heavy atom. The lowest BCUT2D eigenvalue weighted by Crippen LogP contribution is -2.08. The molecule has 3 heteroatoms. The third-order valence-electron chi connectivity index (χ3n) is 4.62. The molecule has 0 saturated heterocycles. The van der Waals surface area contributed by atoms with Gasteiger partial charge in [0.15, 0.2) is 0 Å². The van der Waals surface area contributed by atoms with Crippen molar-refractivity contribution in [3.8, 4) is 5.75 Å². The predicted molar refractivity (Wildman–Crippen MR) is 105 cm³/mol. The van der Waals surface area contributed by atoms with Crippen molar-refractivity contribution in [1.82, 2.24) is 9.55 Å². The minimum Gasteiger partial charge on any atom is -0.486 e. The lowest BCUT2D eigenvalue weighted by Gasteiger charge is -2.11. The molecule has 130 valence electrons. The molecule has 0 spiro atoms. The van der Waals surface area contributed by atoms with Crippen molar-refractivity contribution in [2.75, 3.05) is 0 Å². The standard InChI is InChI=1S/C23H22N2O/c1-2-18-12-14-20(15-13-18)26-17-23-24-21-10-6-7-11-22(21)25(23)16-19-8-4-3-5-9-19/h3-15H,2,16-17H2,1H3. The Balaban J connectivity index is 1.61. The van der Waals surface area contributed by atoms with Gasteiger partial charge in [-0.15, -0.1) is 0 Å². The third kappa shape index (κ3) is 3.47. The summed E-state index contributed by atoms with van der Waals surface area (Å²) >= 11 is 0. The van der Waals surface area contributed by atoms with Gasteiger partial charge in [0.2, 0.25) is 0 Å². The molecule has 1 aromatic heterocycles. The minimum absolute atomic E-state index is 0.451. The van der Waals surface area contributed by atoms with E-state index in [0.29, 0.717) is 6.61 Å². The normalized spacial score (nSPS) is 11.0. The number of aromatic nitrogens is 2. The maximum Gasteiger partial charge on any atom is 0.148 e. The number of ether oxygens (including phenoxy) is 1. The van der Waals surface area contributed by atoms with E-state index >= 15 is 0 Å². The number of hydrogen-bond acceptors (Lipinski definition) is 2. The fraction of sp³-hybridized carbons (Fsp3) is 0.174. The van der Waals surface area contributed by atoms with Crippen molar-refractivity contribution in [2.24, 2.45) is 0 Å². The first-order valence-electron chi connectivity index (χ1n) is 9.03. The van der Waals surface area contributed by atoms with Crippen LogP contribution in [0.25, 0.3) is 11.0 Å². The van der Waals surface area contributed by atoms with E-state index in [1.54, 1.807) is 0 Å². The van der Waals surface area contributed by atoms with Crippen molar-refractivity contribution in [2.45, 2.75) is 26.5 Å². The van der Waals surface area contributed by atoms with E-state index in [0.717, 1.165) is 35.6 Å². The van der Waals surface area contributed by atoms with Crippen LogP contribution in [0, 0.1) is 0 Å². The molecule has 0 unspecified atom stereocenters. The van der Waals surface area contributed by atoms with E-state index < -0.39 is 0 Å². The molecule has 4 rings (SSSR count). The summed E-state index contributed by atoms with van der Waals surface area (Å²) in [4.78, 5) is 4.80. The average Bonchev–Trinajstić information content (AvgIpc) is 3.05. The highest BCUT2D eigenvalue weighted by Gasteiger charge is 2.11. The van der Waals surface area contributed by atoms with Gasteiger partial charge in [-0.25, -0.2) is 4.98 Å². The molecule has 0 saturated carbocycles. The van der Waals surface area contributed by atoms with E-state index in [1.807, 2.05) is 24.3 Å². The van der Waals surface area contributed by atoms with Gasteiger partial charge in [-0.3, -0.25) is 0 Å². The van der Waals surface area contributed by atoms with Crippen molar-refractivity contribution < 1.29 is 4.74 Å². The zero-order valence-corrected chi connectivity index (χ0v) is 14.9. The van der Waals surface area contributed by atoms with Gasteiger partial charge in [0, 0.05) is 6.54 Å². The molecule has 0 aliphatic carbocycles. The summed E-state index contributed by atoms with van der Waals surface area (Å²) < 4.78 is 8.26. The van der Waals surface area contributed by atoms with Crippen LogP contribution >= 0.6 is 0 Å². The molecule has 0 amide bonds. The first kappa shape index (κ1) is 16.4. The Kier molecular flexibility index (Phi) is 4.69. The third-order valence-corrected chi connectivity index (χ3v) is 4.62. The Morgan fingerprint density at radius 1 is 0.808 bits per heavy atom. The van der Waals surface area contributed by atoms with Crippen LogP contribution < -0.4 is 4.74 Å². The zero-order chi connectivity index (χ0) is 17.8. The van der Waals surface area contributed by atoms with E-state index in [9.17, 15) is 0 Å². The molecule has 1 heterocycles. The fourth-order valence-electron chi connectivity index (χ4n) is 3.15. The summed E-state index contributed by atoms with van der Waals surface area (Å²) in [5.41, 5.74) is 4.71. The molecule has 0 atom stereocenters. The SMILES string of the molecule is CCc1ccc(OCc2nc3ccccc3n2Cc2ccccc2)cc1. The van der Waals surface area contributed by atoms with E-state index in [1.165, 1.54) is 11.1 Å². The van der Waals surface area contributed by atoms with E-state index in [-0.39, 0.29) is 0 Å². The van der Waals surface area contributed by atoms with Crippen molar-refractivity contribution in [3.05, 3.63) is 95.8 Å². The molecule has 4 aromatic rings. The largest absolute Gasteiger partial charge is 0.486 e. The number of benzene rings is 3. The number of nitrogens with zero attached hydrogens (tertiary/aromatic N) is 2. The molecular weight excluding hydrogens is 320 g/mol. The lowest BCUT2D eigenvalue weighted by atomic mass is 10.2. The maximum atomic E-state index is 6.02. The highest BCUT2D eigenvalue weighted by molar-refractivity contribution is 5.76. The summed E-state index contributed by atoms with van der Waals surface area (Å²) in [5.74, 6) is 1.81. The topological polar surface area (TPSA) is 27.1 Å². The highest BCUT2D eigenvalue weighted by atomic mass is 16.5. The monoisotopic (exact) mass is 342 g/mol. The van der Waals surface area contributed by atoms with E-state index in [2.05, 4.69) is 66.1 Å². The quantitative estimate of drug-likeness (QED) is 0.480. The first-order chi connectivity index (χ1) is 12.8. The van der Waals surface area contributed by atoms with Gasteiger partial charge in [-0.05, 0) is 41.8 Å². The fourth-order valence-corrected chi connectivity index (χ4v) is 3.15. The number of rotatable bonds is 6. The Morgan fingerprint density at radius 3 is 2.31 bits per heavy atom. The summed E-state index contributed by atoms with van der Waals surface area (Å²) in [7, 11) is 0. The molecule has 0 N–H and O–H groups in total. The first-order valence-corrected chi connectivity index (χ1v) is 9.03. The zero-order valence-electron chi connectivity index (χ0n) is 14.9. The predicted octanol–water partition coefficient (Wildman–Crippen LogP) is 5.23. The molecule has 26 heavy (non-hydrogen) atoms.